The van der Waals surface area contributed by atoms with E-state index in [0.717, 1.165) is 5.56 Å². The summed E-state index contributed by atoms with van der Waals surface area (Å²) in [6.45, 7) is 0.559. The Labute approximate surface area is 166 Å². The Bertz CT molecular complexity index is 958. The highest BCUT2D eigenvalue weighted by Gasteiger charge is 2.10. The third-order valence-corrected chi connectivity index (χ3v) is 4.10. The predicted molar refractivity (Wildman–Crippen MR) is 107 cm³/mol. The van der Waals surface area contributed by atoms with E-state index in [1.54, 1.807) is 36.4 Å². The molecule has 2 aromatic carbocycles. The number of benzene rings is 2. The topological polar surface area (TPSA) is 93.2 Å². The Morgan fingerprint density at radius 2 is 1.68 bits per heavy atom. The molecule has 3 rings (SSSR count). The molecule has 0 unspecified atom stereocenters. The molecule has 0 saturated carbocycles. The third-order valence-electron chi connectivity index (χ3n) is 3.85. The molecule has 1 heterocycles. The predicted octanol–water partition coefficient (Wildman–Crippen LogP) is 3.78. The zero-order valence-electron chi connectivity index (χ0n) is 15.0. The van der Waals surface area contributed by atoms with Crippen LogP contribution >= 0.6 is 11.6 Å². The number of esters is 1. The van der Waals surface area contributed by atoms with E-state index in [9.17, 15) is 9.59 Å². The van der Waals surface area contributed by atoms with Crippen molar-refractivity contribution < 1.29 is 14.3 Å². The molecular weight excluding hydrogens is 380 g/mol. The van der Waals surface area contributed by atoms with Crippen molar-refractivity contribution in [1.29, 1.82) is 0 Å². The first-order valence-corrected chi connectivity index (χ1v) is 8.75. The monoisotopic (exact) mass is 396 g/mol. The molecule has 0 saturated heterocycles. The van der Waals surface area contributed by atoms with Crippen LogP contribution in [-0.4, -0.2) is 29.2 Å². The fourth-order valence-corrected chi connectivity index (χ4v) is 2.47. The lowest BCUT2D eigenvalue weighted by atomic mass is 10.2. The number of carbonyl (C=O) groups excluding carboxylic acids is 2. The first-order valence-electron chi connectivity index (χ1n) is 8.37. The highest BCUT2D eigenvalue weighted by atomic mass is 35.5. The molecule has 0 bridgehead atoms. The van der Waals surface area contributed by atoms with E-state index in [0.29, 0.717) is 28.6 Å². The van der Waals surface area contributed by atoms with Crippen LogP contribution in [-0.2, 0) is 11.3 Å². The number of rotatable bonds is 6. The Morgan fingerprint density at radius 1 is 0.964 bits per heavy atom. The van der Waals surface area contributed by atoms with Gasteiger partial charge in [0.2, 0.25) is 0 Å². The molecule has 0 fully saturated rings. The van der Waals surface area contributed by atoms with Crippen LogP contribution in [0, 0.1) is 0 Å². The van der Waals surface area contributed by atoms with Gasteiger partial charge in [-0.15, -0.1) is 10.2 Å². The number of ether oxygens (including phenoxy) is 1. The van der Waals surface area contributed by atoms with Crippen LogP contribution < -0.4 is 10.6 Å². The first-order chi connectivity index (χ1) is 13.5. The minimum absolute atomic E-state index is 0.175. The van der Waals surface area contributed by atoms with Crippen LogP contribution in [0.5, 0.6) is 0 Å². The van der Waals surface area contributed by atoms with E-state index in [1.807, 2.05) is 24.3 Å². The number of nitrogens with zero attached hydrogens (tertiary/aromatic N) is 2. The Balaban J connectivity index is 1.57. The normalized spacial score (nSPS) is 10.2. The van der Waals surface area contributed by atoms with Gasteiger partial charge >= 0.3 is 5.97 Å². The zero-order valence-corrected chi connectivity index (χ0v) is 15.7. The lowest BCUT2D eigenvalue weighted by molar-refractivity contribution is 0.0600. The average molecular weight is 397 g/mol. The van der Waals surface area contributed by atoms with Gasteiger partial charge in [0.1, 0.15) is 5.82 Å². The maximum absolute atomic E-state index is 12.3. The summed E-state index contributed by atoms with van der Waals surface area (Å²) in [6.07, 6.45) is 0. The van der Waals surface area contributed by atoms with Gasteiger partial charge in [-0.3, -0.25) is 4.79 Å². The van der Waals surface area contributed by atoms with Gasteiger partial charge < -0.3 is 15.4 Å². The minimum atomic E-state index is -0.439. The summed E-state index contributed by atoms with van der Waals surface area (Å²) in [4.78, 5) is 23.7. The molecule has 0 aliphatic heterocycles. The van der Waals surface area contributed by atoms with Crippen LogP contribution in [0.15, 0.2) is 60.7 Å². The second-order valence-corrected chi connectivity index (χ2v) is 6.24. The molecule has 0 aliphatic carbocycles. The second kappa shape index (κ2) is 8.96. The molecule has 0 radical (unpaired) electrons. The van der Waals surface area contributed by atoms with Crippen molar-refractivity contribution in [3.63, 3.8) is 0 Å². The summed E-state index contributed by atoms with van der Waals surface area (Å²) in [7, 11) is 1.31. The highest BCUT2D eigenvalue weighted by Crippen LogP contribution is 2.13. The van der Waals surface area contributed by atoms with Gasteiger partial charge in [-0.1, -0.05) is 23.7 Å². The van der Waals surface area contributed by atoms with E-state index in [2.05, 4.69) is 25.6 Å². The maximum atomic E-state index is 12.3. The summed E-state index contributed by atoms with van der Waals surface area (Å²) >= 11 is 5.86. The van der Waals surface area contributed by atoms with Crippen molar-refractivity contribution in [2.75, 3.05) is 17.7 Å². The SMILES string of the molecule is COC(=O)c1ccc(NC(=O)c2ccc(NCc3ccc(Cl)cc3)nn2)cc1. The molecule has 7 nitrogen and oxygen atoms in total. The molecule has 0 aliphatic rings. The lowest BCUT2D eigenvalue weighted by Gasteiger charge is -2.07. The zero-order chi connectivity index (χ0) is 19.9. The summed E-state index contributed by atoms with van der Waals surface area (Å²) in [5, 5.41) is 14.5. The largest absolute Gasteiger partial charge is 0.465 e. The van der Waals surface area contributed by atoms with E-state index in [1.165, 1.54) is 7.11 Å². The maximum Gasteiger partial charge on any atom is 0.337 e. The van der Waals surface area contributed by atoms with Crippen molar-refractivity contribution in [2.24, 2.45) is 0 Å². The van der Waals surface area contributed by atoms with Gasteiger partial charge in [0.15, 0.2) is 5.69 Å². The van der Waals surface area contributed by atoms with Crippen LogP contribution in [0.3, 0.4) is 0 Å². The van der Waals surface area contributed by atoms with E-state index < -0.39 is 11.9 Å². The number of methoxy groups -OCH3 is 1. The van der Waals surface area contributed by atoms with Crippen molar-refractivity contribution >= 4 is 35.0 Å². The number of carbonyl (C=O) groups is 2. The van der Waals surface area contributed by atoms with E-state index in [-0.39, 0.29) is 5.69 Å². The van der Waals surface area contributed by atoms with Gasteiger partial charge in [0, 0.05) is 17.3 Å². The lowest BCUT2D eigenvalue weighted by Crippen LogP contribution is -2.15. The van der Waals surface area contributed by atoms with Crippen molar-refractivity contribution in [3.8, 4) is 0 Å². The molecular formula is C20H17ClN4O3. The smallest absolute Gasteiger partial charge is 0.337 e. The average Bonchev–Trinajstić information content (AvgIpc) is 2.73. The summed E-state index contributed by atoms with van der Waals surface area (Å²) < 4.78 is 4.63. The number of anilines is 2. The van der Waals surface area contributed by atoms with Crippen molar-refractivity contribution in [2.45, 2.75) is 6.54 Å². The Morgan fingerprint density at radius 3 is 2.29 bits per heavy atom. The molecule has 1 amide bonds. The number of nitrogens with one attached hydrogen (secondary N) is 2. The van der Waals surface area contributed by atoms with Crippen molar-refractivity contribution in [1.82, 2.24) is 10.2 Å². The molecule has 0 spiro atoms. The van der Waals surface area contributed by atoms with Gasteiger partial charge in [-0.2, -0.15) is 0 Å². The number of halogens is 1. The first kappa shape index (κ1) is 19.3. The quantitative estimate of drug-likeness (QED) is 0.616. The van der Waals surface area contributed by atoms with Gasteiger partial charge in [-0.25, -0.2) is 4.79 Å². The van der Waals surface area contributed by atoms with E-state index in [4.69, 9.17) is 11.6 Å². The number of hydrogen-bond acceptors (Lipinski definition) is 6. The summed E-state index contributed by atoms with van der Waals surface area (Å²) in [5.41, 5.74) is 2.15. The summed E-state index contributed by atoms with van der Waals surface area (Å²) in [6, 6.07) is 17.1. The van der Waals surface area contributed by atoms with Crippen LogP contribution in [0.1, 0.15) is 26.4 Å². The second-order valence-electron chi connectivity index (χ2n) is 5.81. The molecule has 8 heteroatoms. The molecule has 28 heavy (non-hydrogen) atoms. The van der Waals surface area contributed by atoms with Gasteiger partial charge in [0.05, 0.1) is 12.7 Å². The number of hydrogen-bond donors (Lipinski definition) is 2. The molecule has 142 valence electrons. The standard InChI is InChI=1S/C20H17ClN4O3/c1-28-20(27)14-4-8-16(9-5-14)23-19(26)17-10-11-18(25-24-17)22-12-13-2-6-15(21)7-3-13/h2-11H,12H2,1H3,(H,22,25)(H,23,26). The van der Waals surface area contributed by atoms with Gasteiger partial charge in [0.25, 0.3) is 5.91 Å². The minimum Gasteiger partial charge on any atom is -0.465 e. The van der Waals surface area contributed by atoms with Gasteiger partial charge in [-0.05, 0) is 54.1 Å². The van der Waals surface area contributed by atoms with Crippen LogP contribution in [0.25, 0.3) is 0 Å². The number of amides is 1. The molecule has 2 N–H and O–H groups in total. The van der Waals surface area contributed by atoms with Crippen LogP contribution in [0.2, 0.25) is 5.02 Å². The van der Waals surface area contributed by atoms with E-state index >= 15 is 0 Å². The molecule has 3 aromatic rings. The Kier molecular flexibility index (Phi) is 6.18. The Hall–Kier alpha value is -3.45. The fourth-order valence-electron chi connectivity index (χ4n) is 2.35. The third kappa shape index (κ3) is 5.05. The van der Waals surface area contributed by atoms with Crippen LogP contribution in [0.4, 0.5) is 11.5 Å². The molecule has 0 atom stereocenters. The highest BCUT2D eigenvalue weighted by molar-refractivity contribution is 6.30. The molecule has 1 aromatic heterocycles. The van der Waals surface area contributed by atoms with Crippen molar-refractivity contribution in [3.05, 3.63) is 82.5 Å². The summed E-state index contributed by atoms with van der Waals surface area (Å²) in [5.74, 6) is -0.290. The fraction of sp³-hybridized carbons (Fsp3) is 0.100. The number of aromatic nitrogens is 2.